The van der Waals surface area contributed by atoms with Crippen LogP contribution in [-0.4, -0.2) is 48.2 Å². The van der Waals surface area contributed by atoms with Crippen molar-refractivity contribution in [2.24, 2.45) is 17.8 Å². The fourth-order valence-electron chi connectivity index (χ4n) is 4.07. The minimum atomic E-state index is -0.402. The van der Waals surface area contributed by atoms with Crippen LogP contribution in [0.4, 0.5) is 4.79 Å². The molecule has 0 aromatic carbocycles. The zero-order chi connectivity index (χ0) is 26.0. The van der Waals surface area contributed by atoms with Gasteiger partial charge in [0, 0.05) is 44.2 Å². The van der Waals surface area contributed by atoms with Gasteiger partial charge in [-0.2, -0.15) is 0 Å². The molecule has 0 spiro atoms. The lowest BCUT2D eigenvalue weighted by molar-refractivity contribution is -0.149. The molecule has 0 fully saturated rings. The van der Waals surface area contributed by atoms with Gasteiger partial charge in [0.2, 0.25) is 0 Å². The van der Waals surface area contributed by atoms with Crippen LogP contribution in [0.25, 0.3) is 0 Å². The SMILES string of the molecule is C/C(=C\C=C\[C@@H](C)c1ccccn1)[C@H]1OC(=O)C[C@H](C)CC[C@H](C)[C@@H](OC(=O)N(C)C)/C=C/[C@@H]1C. The fourth-order valence-corrected chi connectivity index (χ4v) is 4.07. The first-order valence-corrected chi connectivity index (χ1v) is 12.6. The quantitative estimate of drug-likeness (QED) is 0.279. The van der Waals surface area contributed by atoms with Gasteiger partial charge in [0.1, 0.15) is 12.2 Å². The summed E-state index contributed by atoms with van der Waals surface area (Å²) in [5.74, 6) is 0.250. The molecule has 192 valence electrons. The number of cyclic esters (lactones) is 1. The Kier molecular flexibility index (Phi) is 11.2. The Morgan fingerprint density at radius 3 is 2.60 bits per heavy atom. The Morgan fingerprint density at radius 2 is 1.94 bits per heavy atom. The minimum Gasteiger partial charge on any atom is -0.457 e. The van der Waals surface area contributed by atoms with Gasteiger partial charge in [0.05, 0.1) is 0 Å². The summed E-state index contributed by atoms with van der Waals surface area (Å²) in [6.07, 6.45) is 12.9. The molecule has 1 aliphatic heterocycles. The number of hydrogen-bond acceptors (Lipinski definition) is 5. The van der Waals surface area contributed by atoms with Crippen molar-refractivity contribution in [2.75, 3.05) is 14.1 Å². The normalized spacial score (nSPS) is 28.4. The number of carbonyl (C=O) groups is 2. The fraction of sp³-hybridized carbons (Fsp3) is 0.552. The molecule has 6 atom stereocenters. The Morgan fingerprint density at radius 1 is 1.20 bits per heavy atom. The molecule has 0 saturated carbocycles. The van der Waals surface area contributed by atoms with Crippen LogP contribution in [0.15, 0.2) is 60.3 Å². The molecule has 0 unspecified atom stereocenters. The van der Waals surface area contributed by atoms with Crippen LogP contribution >= 0.6 is 0 Å². The largest absolute Gasteiger partial charge is 0.457 e. The van der Waals surface area contributed by atoms with Gasteiger partial charge < -0.3 is 14.4 Å². The summed E-state index contributed by atoms with van der Waals surface area (Å²) < 4.78 is 11.7. The average Bonchev–Trinajstić information content (AvgIpc) is 2.82. The molecule has 2 heterocycles. The second kappa shape index (κ2) is 13.9. The summed E-state index contributed by atoms with van der Waals surface area (Å²) in [4.78, 5) is 30.8. The van der Waals surface area contributed by atoms with Gasteiger partial charge in [-0.1, -0.05) is 58.1 Å². The van der Waals surface area contributed by atoms with Crippen molar-refractivity contribution in [3.05, 3.63) is 66.0 Å². The maximum atomic E-state index is 12.7. The van der Waals surface area contributed by atoms with Crippen molar-refractivity contribution in [1.82, 2.24) is 9.88 Å². The van der Waals surface area contributed by atoms with E-state index < -0.39 is 6.10 Å². The van der Waals surface area contributed by atoms with E-state index in [1.54, 1.807) is 20.3 Å². The van der Waals surface area contributed by atoms with E-state index in [1.165, 1.54) is 4.90 Å². The van der Waals surface area contributed by atoms with Crippen molar-refractivity contribution < 1.29 is 19.1 Å². The summed E-state index contributed by atoms with van der Waals surface area (Å²) in [7, 11) is 3.37. The average molecular weight is 483 g/mol. The van der Waals surface area contributed by atoms with Gasteiger partial charge in [-0.15, -0.1) is 0 Å². The third-order valence-electron chi connectivity index (χ3n) is 6.50. The number of pyridine rings is 1. The highest BCUT2D eigenvalue weighted by Gasteiger charge is 2.26. The molecule has 6 nitrogen and oxygen atoms in total. The molecular weight excluding hydrogens is 440 g/mol. The van der Waals surface area contributed by atoms with E-state index in [0.717, 1.165) is 24.1 Å². The molecule has 2 rings (SSSR count). The molecular formula is C29H42N2O4. The number of nitrogens with zero attached hydrogens (tertiary/aromatic N) is 2. The van der Waals surface area contributed by atoms with Crippen LogP contribution < -0.4 is 0 Å². The van der Waals surface area contributed by atoms with Crippen molar-refractivity contribution in [2.45, 2.75) is 72.0 Å². The molecule has 0 radical (unpaired) electrons. The molecule has 1 aromatic rings. The topological polar surface area (TPSA) is 68.7 Å². The molecule has 1 aromatic heterocycles. The number of hydrogen-bond donors (Lipinski definition) is 0. The van der Waals surface area contributed by atoms with E-state index >= 15 is 0 Å². The predicted molar refractivity (Wildman–Crippen MR) is 140 cm³/mol. The first kappa shape index (κ1) is 28.3. The number of allylic oxidation sites excluding steroid dienone is 3. The highest BCUT2D eigenvalue weighted by atomic mass is 16.6. The summed E-state index contributed by atoms with van der Waals surface area (Å²) >= 11 is 0. The Hall–Kier alpha value is -2.89. The van der Waals surface area contributed by atoms with Gasteiger partial charge >= 0.3 is 12.1 Å². The number of rotatable bonds is 5. The smallest absolute Gasteiger partial charge is 0.409 e. The van der Waals surface area contributed by atoms with E-state index in [1.807, 2.05) is 56.4 Å². The molecule has 0 bridgehead atoms. The third kappa shape index (κ3) is 9.35. The number of aromatic nitrogens is 1. The maximum absolute atomic E-state index is 12.7. The number of ether oxygens (including phenoxy) is 2. The van der Waals surface area contributed by atoms with Gasteiger partial charge in [0.25, 0.3) is 0 Å². The Balaban J connectivity index is 2.25. The molecule has 35 heavy (non-hydrogen) atoms. The number of esters is 1. The summed E-state index contributed by atoms with van der Waals surface area (Å²) in [5.41, 5.74) is 1.96. The van der Waals surface area contributed by atoms with Gasteiger partial charge in [0.15, 0.2) is 0 Å². The van der Waals surface area contributed by atoms with Crippen molar-refractivity contribution in [1.29, 1.82) is 0 Å². The van der Waals surface area contributed by atoms with Crippen LogP contribution in [0.5, 0.6) is 0 Å². The first-order chi connectivity index (χ1) is 16.6. The monoisotopic (exact) mass is 482 g/mol. The van der Waals surface area contributed by atoms with Crippen LogP contribution in [0.3, 0.4) is 0 Å². The summed E-state index contributed by atoms with van der Waals surface area (Å²) in [6, 6.07) is 5.90. The first-order valence-electron chi connectivity index (χ1n) is 12.6. The lowest BCUT2D eigenvalue weighted by atomic mass is 9.90. The zero-order valence-corrected chi connectivity index (χ0v) is 22.3. The maximum Gasteiger partial charge on any atom is 0.409 e. The van der Waals surface area contributed by atoms with Gasteiger partial charge in [-0.25, -0.2) is 4.79 Å². The molecule has 0 N–H and O–H groups in total. The highest BCUT2D eigenvalue weighted by molar-refractivity contribution is 5.70. The third-order valence-corrected chi connectivity index (χ3v) is 6.50. The van der Waals surface area contributed by atoms with Crippen LogP contribution in [-0.2, 0) is 14.3 Å². The van der Waals surface area contributed by atoms with Crippen LogP contribution in [0, 0.1) is 17.8 Å². The van der Waals surface area contributed by atoms with Gasteiger partial charge in [-0.05, 0) is 55.4 Å². The molecule has 0 aliphatic carbocycles. The summed E-state index contributed by atoms with van der Waals surface area (Å²) in [6.45, 7) is 10.3. The predicted octanol–water partition coefficient (Wildman–Crippen LogP) is 6.31. The number of carbonyl (C=O) groups excluding carboxylic acids is 2. The van der Waals surface area contributed by atoms with Crippen molar-refractivity contribution in [3.63, 3.8) is 0 Å². The second-order valence-electron chi connectivity index (χ2n) is 10.1. The lowest BCUT2D eigenvalue weighted by Crippen LogP contribution is -2.32. The molecule has 1 amide bonds. The highest BCUT2D eigenvalue weighted by Crippen LogP contribution is 2.26. The van der Waals surface area contributed by atoms with Crippen molar-refractivity contribution >= 4 is 12.1 Å². The lowest BCUT2D eigenvalue weighted by Gasteiger charge is -2.28. The van der Waals surface area contributed by atoms with E-state index in [-0.39, 0.29) is 41.8 Å². The zero-order valence-electron chi connectivity index (χ0n) is 22.3. The minimum absolute atomic E-state index is 0.0840. The molecule has 1 aliphatic rings. The molecule has 0 saturated heterocycles. The van der Waals surface area contributed by atoms with E-state index in [0.29, 0.717) is 6.42 Å². The van der Waals surface area contributed by atoms with E-state index in [4.69, 9.17) is 9.47 Å². The summed E-state index contributed by atoms with van der Waals surface area (Å²) in [5, 5.41) is 0. The molecule has 6 heteroatoms. The Bertz CT molecular complexity index is 907. The van der Waals surface area contributed by atoms with Crippen LogP contribution in [0.1, 0.15) is 65.5 Å². The standard InChI is InChI=1S/C29H42N2O4/c1-20-14-15-22(3)26(34-29(33)31(6)7)17-16-24(5)28(35-27(32)19-20)23(4)12-10-11-21(2)25-13-8-9-18-30-25/h8-13,16-18,20-22,24,26,28H,14-15,19H2,1-7H3/b11-10+,17-16+,23-12+/t20-,21-,22+,24+,26+,28-/m1/s1. The van der Waals surface area contributed by atoms with Crippen LogP contribution in [0.2, 0.25) is 0 Å². The van der Waals surface area contributed by atoms with Gasteiger partial charge in [-0.3, -0.25) is 9.78 Å². The van der Waals surface area contributed by atoms with E-state index in [2.05, 4.69) is 31.8 Å². The van der Waals surface area contributed by atoms with E-state index in [9.17, 15) is 9.59 Å². The second-order valence-corrected chi connectivity index (χ2v) is 10.1. The number of amides is 1. The Labute approximate surface area is 211 Å². The van der Waals surface area contributed by atoms with Crippen molar-refractivity contribution in [3.8, 4) is 0 Å².